The Bertz CT molecular complexity index is 1760. The Kier molecular flexibility index (Phi) is 7.77. The molecule has 4 aromatic carbocycles. The fourth-order valence-corrected chi connectivity index (χ4v) is 5.71. The molecule has 0 saturated carbocycles. The molecule has 0 atom stereocenters. The summed E-state index contributed by atoms with van der Waals surface area (Å²) in [6.07, 6.45) is 0. The van der Waals surface area contributed by atoms with Crippen molar-refractivity contribution in [2.75, 3.05) is 31.2 Å². The Morgan fingerprint density at radius 1 is 0.907 bits per heavy atom. The van der Waals surface area contributed by atoms with Crippen LogP contribution in [0.15, 0.2) is 91.0 Å². The zero-order valence-corrected chi connectivity index (χ0v) is 25.4. The highest BCUT2D eigenvalue weighted by Gasteiger charge is 2.28. The molecular weight excluding hydrogens is 534 g/mol. The van der Waals surface area contributed by atoms with Crippen molar-refractivity contribution in [3.63, 3.8) is 0 Å². The van der Waals surface area contributed by atoms with Crippen LogP contribution >= 0.6 is 0 Å². The van der Waals surface area contributed by atoms with Gasteiger partial charge in [0.05, 0.1) is 30.3 Å². The van der Waals surface area contributed by atoms with Crippen LogP contribution in [0, 0.1) is 6.92 Å². The van der Waals surface area contributed by atoms with Gasteiger partial charge in [-0.3, -0.25) is 4.90 Å². The van der Waals surface area contributed by atoms with Gasteiger partial charge in [-0.1, -0.05) is 87.0 Å². The maximum absolute atomic E-state index is 13.3. The van der Waals surface area contributed by atoms with E-state index in [0.29, 0.717) is 11.5 Å². The van der Waals surface area contributed by atoms with Gasteiger partial charge in [0, 0.05) is 36.5 Å². The van der Waals surface area contributed by atoms with Crippen molar-refractivity contribution in [1.29, 1.82) is 0 Å². The summed E-state index contributed by atoms with van der Waals surface area (Å²) < 4.78 is 7.35. The van der Waals surface area contributed by atoms with Gasteiger partial charge in [0.25, 0.3) is 0 Å². The number of carbonyl (C=O) groups is 1. The van der Waals surface area contributed by atoms with E-state index < -0.39 is 6.03 Å². The first-order valence-electron chi connectivity index (χ1n) is 14.9. The van der Waals surface area contributed by atoms with Crippen LogP contribution in [0.1, 0.15) is 37.6 Å². The van der Waals surface area contributed by atoms with Crippen LogP contribution in [0.5, 0.6) is 0 Å². The SMILES string of the molecule is Cc1ccc(-n2nc(C(C)(C)C)cc2N(C(N)=O)c2ccc(-c3cccc(CN4CCOCC4)c3)c3ccccc23)cc1. The number of hydrogen-bond acceptors (Lipinski definition) is 4. The molecule has 0 aliphatic carbocycles. The van der Waals surface area contributed by atoms with Crippen molar-refractivity contribution >= 4 is 28.3 Å². The number of morpholine rings is 1. The molecule has 0 spiro atoms. The van der Waals surface area contributed by atoms with Gasteiger partial charge in [-0.15, -0.1) is 0 Å². The van der Waals surface area contributed by atoms with E-state index in [1.54, 1.807) is 4.90 Å². The zero-order valence-electron chi connectivity index (χ0n) is 25.4. The van der Waals surface area contributed by atoms with Gasteiger partial charge in [-0.2, -0.15) is 5.10 Å². The molecule has 0 bridgehead atoms. The highest BCUT2D eigenvalue weighted by atomic mass is 16.5. The average Bonchev–Trinajstić information content (AvgIpc) is 3.44. The second-order valence-electron chi connectivity index (χ2n) is 12.3. The van der Waals surface area contributed by atoms with Crippen LogP contribution in [0.3, 0.4) is 0 Å². The number of nitrogens with two attached hydrogens (primary N) is 1. The lowest BCUT2D eigenvalue weighted by Gasteiger charge is -2.26. The summed E-state index contributed by atoms with van der Waals surface area (Å²) in [4.78, 5) is 17.3. The van der Waals surface area contributed by atoms with Crippen LogP contribution in [-0.4, -0.2) is 47.0 Å². The largest absolute Gasteiger partial charge is 0.379 e. The minimum atomic E-state index is -0.570. The van der Waals surface area contributed by atoms with Gasteiger partial charge < -0.3 is 10.5 Å². The summed E-state index contributed by atoms with van der Waals surface area (Å²) in [5, 5.41) is 6.95. The topological polar surface area (TPSA) is 76.6 Å². The van der Waals surface area contributed by atoms with Gasteiger partial charge in [0.1, 0.15) is 5.82 Å². The number of rotatable bonds is 6. The van der Waals surface area contributed by atoms with Gasteiger partial charge in [0.15, 0.2) is 0 Å². The molecule has 6 rings (SSSR count). The normalized spacial score (nSPS) is 14.2. The third-order valence-corrected chi connectivity index (χ3v) is 8.08. The maximum atomic E-state index is 13.3. The Labute approximate surface area is 253 Å². The van der Waals surface area contributed by atoms with Crippen molar-refractivity contribution in [2.24, 2.45) is 5.73 Å². The van der Waals surface area contributed by atoms with Crippen LogP contribution < -0.4 is 10.6 Å². The monoisotopic (exact) mass is 573 g/mol. The molecule has 2 N–H and O–H groups in total. The fourth-order valence-electron chi connectivity index (χ4n) is 5.71. The predicted octanol–water partition coefficient (Wildman–Crippen LogP) is 7.35. The van der Waals surface area contributed by atoms with Crippen LogP contribution in [0.4, 0.5) is 16.3 Å². The maximum Gasteiger partial charge on any atom is 0.325 e. The van der Waals surface area contributed by atoms with Crippen LogP contribution in [0.2, 0.25) is 0 Å². The first kappa shape index (κ1) is 28.6. The highest BCUT2D eigenvalue weighted by Crippen LogP contribution is 2.39. The molecule has 2 amide bonds. The number of hydrogen-bond donors (Lipinski definition) is 1. The van der Waals surface area contributed by atoms with Crippen molar-refractivity contribution < 1.29 is 9.53 Å². The molecule has 1 aromatic heterocycles. The molecule has 1 fully saturated rings. The standard InChI is InChI=1S/C36H39N5O2/c1-25-12-14-28(15-13-25)41-34(23-33(38-41)36(2,3)4)40(35(37)42)32-17-16-29(30-10-5-6-11-31(30)32)27-9-7-8-26(22-27)24-39-18-20-43-21-19-39/h5-17,22-23H,18-21,24H2,1-4H3,(H2,37,42). The van der Waals surface area contributed by atoms with E-state index >= 15 is 0 Å². The van der Waals surface area contributed by atoms with E-state index in [-0.39, 0.29) is 5.41 Å². The summed E-state index contributed by atoms with van der Waals surface area (Å²) in [5.74, 6) is 0.603. The first-order valence-corrected chi connectivity index (χ1v) is 14.9. The highest BCUT2D eigenvalue weighted by molar-refractivity contribution is 6.10. The molecule has 1 aliphatic rings. The minimum Gasteiger partial charge on any atom is -0.379 e. The average molecular weight is 574 g/mol. The number of nitrogens with zero attached hydrogens (tertiary/aromatic N) is 4. The van der Waals surface area contributed by atoms with Gasteiger partial charge in [-0.05, 0) is 53.3 Å². The zero-order chi connectivity index (χ0) is 30.1. The van der Waals surface area contributed by atoms with Crippen molar-refractivity contribution in [3.8, 4) is 16.8 Å². The van der Waals surface area contributed by atoms with Crippen molar-refractivity contribution in [3.05, 3.63) is 108 Å². The van der Waals surface area contributed by atoms with Crippen LogP contribution in [-0.2, 0) is 16.7 Å². The molecule has 220 valence electrons. The third-order valence-electron chi connectivity index (χ3n) is 8.08. The quantitative estimate of drug-likeness (QED) is 0.230. The van der Waals surface area contributed by atoms with E-state index in [0.717, 1.165) is 71.7 Å². The van der Waals surface area contributed by atoms with E-state index in [9.17, 15) is 4.79 Å². The molecule has 2 heterocycles. The third kappa shape index (κ3) is 5.91. The number of aromatic nitrogens is 2. The smallest absolute Gasteiger partial charge is 0.325 e. The predicted molar refractivity (Wildman–Crippen MR) is 174 cm³/mol. The number of carbonyl (C=O) groups excluding carboxylic acids is 1. The summed E-state index contributed by atoms with van der Waals surface area (Å²) in [7, 11) is 0. The van der Waals surface area contributed by atoms with E-state index in [2.05, 4.69) is 75.1 Å². The number of anilines is 2. The van der Waals surface area contributed by atoms with E-state index in [1.807, 2.05) is 53.2 Å². The van der Waals surface area contributed by atoms with Crippen molar-refractivity contribution in [1.82, 2.24) is 14.7 Å². The Morgan fingerprint density at radius 3 is 2.33 bits per heavy atom. The summed E-state index contributed by atoms with van der Waals surface area (Å²) in [6.45, 7) is 12.7. The number of amides is 2. The number of ether oxygens (including phenoxy) is 1. The lowest BCUT2D eigenvalue weighted by Crippen LogP contribution is -2.35. The summed E-state index contributed by atoms with van der Waals surface area (Å²) in [6, 6.07) is 30.6. The fraction of sp³-hybridized carbons (Fsp3) is 0.278. The molecule has 7 heteroatoms. The molecule has 7 nitrogen and oxygen atoms in total. The molecule has 1 aliphatic heterocycles. The first-order chi connectivity index (χ1) is 20.7. The van der Waals surface area contributed by atoms with Gasteiger partial charge in [-0.25, -0.2) is 14.4 Å². The number of benzene rings is 4. The van der Waals surface area contributed by atoms with Crippen molar-refractivity contribution in [2.45, 2.75) is 39.7 Å². The minimum absolute atomic E-state index is 0.230. The summed E-state index contributed by atoms with van der Waals surface area (Å²) >= 11 is 0. The molecule has 1 saturated heterocycles. The lowest BCUT2D eigenvalue weighted by atomic mass is 9.92. The second kappa shape index (κ2) is 11.7. The lowest BCUT2D eigenvalue weighted by molar-refractivity contribution is 0.0342. The molecular formula is C36H39N5O2. The molecule has 0 unspecified atom stereocenters. The number of fused-ring (bicyclic) bond motifs is 1. The van der Waals surface area contributed by atoms with Crippen LogP contribution in [0.25, 0.3) is 27.6 Å². The van der Waals surface area contributed by atoms with E-state index in [1.165, 1.54) is 5.56 Å². The Morgan fingerprint density at radius 2 is 1.63 bits per heavy atom. The van der Waals surface area contributed by atoms with Gasteiger partial charge in [0.2, 0.25) is 0 Å². The Hall–Kier alpha value is -4.46. The van der Waals surface area contributed by atoms with E-state index in [4.69, 9.17) is 15.6 Å². The number of primary amides is 1. The molecule has 0 radical (unpaired) electrons. The number of aryl methyl sites for hydroxylation is 1. The second-order valence-corrected chi connectivity index (χ2v) is 12.3. The molecule has 5 aromatic rings. The number of urea groups is 1. The molecule has 43 heavy (non-hydrogen) atoms. The Balaban J connectivity index is 1.47. The summed E-state index contributed by atoms with van der Waals surface area (Å²) in [5.41, 5.74) is 13.0. The van der Waals surface area contributed by atoms with Gasteiger partial charge >= 0.3 is 6.03 Å².